The van der Waals surface area contributed by atoms with Gasteiger partial charge in [-0.05, 0) is 92.0 Å². The summed E-state index contributed by atoms with van der Waals surface area (Å²) >= 11 is 0. The van der Waals surface area contributed by atoms with Crippen LogP contribution in [0.2, 0.25) is 0 Å². The molecule has 1 fully saturated rings. The van der Waals surface area contributed by atoms with E-state index < -0.39 is 11.9 Å². The van der Waals surface area contributed by atoms with E-state index in [2.05, 4.69) is 22.6 Å². The van der Waals surface area contributed by atoms with Crippen molar-refractivity contribution in [1.82, 2.24) is 10.2 Å². The lowest BCUT2D eigenvalue weighted by molar-refractivity contribution is -0.111. The van der Waals surface area contributed by atoms with Crippen LogP contribution in [0.15, 0.2) is 66.7 Å². The molecule has 1 aliphatic rings. The van der Waals surface area contributed by atoms with E-state index in [1.807, 2.05) is 49.4 Å². The molecule has 7 nitrogen and oxygen atoms in total. The van der Waals surface area contributed by atoms with Crippen molar-refractivity contribution in [3.8, 4) is 0 Å². The fourth-order valence-corrected chi connectivity index (χ4v) is 4.46. The molecule has 0 saturated carbocycles. The van der Waals surface area contributed by atoms with Gasteiger partial charge >= 0.3 is 5.97 Å². The van der Waals surface area contributed by atoms with E-state index >= 15 is 0 Å². The maximum atomic E-state index is 12.8. The number of carboxylic acids is 1. The van der Waals surface area contributed by atoms with Gasteiger partial charge in [0.15, 0.2) is 0 Å². The molecule has 7 heteroatoms. The highest BCUT2D eigenvalue weighted by molar-refractivity contribution is 6.08. The first-order chi connectivity index (χ1) is 17.3. The number of fused-ring (bicyclic) bond motifs is 1. The van der Waals surface area contributed by atoms with Crippen molar-refractivity contribution < 1.29 is 19.5 Å². The van der Waals surface area contributed by atoms with Crippen molar-refractivity contribution in [3.63, 3.8) is 0 Å². The zero-order valence-electron chi connectivity index (χ0n) is 20.6. The number of benzene rings is 3. The summed E-state index contributed by atoms with van der Waals surface area (Å²) in [5, 5.41) is 17.4. The predicted molar refractivity (Wildman–Crippen MR) is 142 cm³/mol. The Kier molecular flexibility index (Phi) is 7.80. The van der Waals surface area contributed by atoms with Crippen molar-refractivity contribution in [1.29, 1.82) is 0 Å². The van der Waals surface area contributed by atoms with E-state index in [0.29, 0.717) is 18.0 Å². The van der Waals surface area contributed by atoms with Gasteiger partial charge in [-0.2, -0.15) is 0 Å². The molecule has 36 heavy (non-hydrogen) atoms. The number of rotatable bonds is 7. The number of nitrogens with one attached hydrogen (secondary N) is 2. The number of carbonyl (C=O) groups excluding carboxylic acids is 2. The van der Waals surface area contributed by atoms with E-state index in [1.54, 1.807) is 0 Å². The van der Waals surface area contributed by atoms with E-state index in [1.165, 1.54) is 24.3 Å². The smallest absolute Gasteiger partial charge is 0.337 e. The third-order valence-electron chi connectivity index (χ3n) is 6.71. The van der Waals surface area contributed by atoms with Crippen LogP contribution in [0.4, 0.5) is 5.69 Å². The third-order valence-corrected chi connectivity index (χ3v) is 6.71. The predicted octanol–water partition coefficient (Wildman–Crippen LogP) is 4.65. The molecule has 3 N–H and O–H groups in total. The van der Waals surface area contributed by atoms with Gasteiger partial charge in [-0.25, -0.2) is 4.79 Å². The minimum Gasteiger partial charge on any atom is -0.478 e. The summed E-state index contributed by atoms with van der Waals surface area (Å²) in [6.45, 7) is 4.42. The summed E-state index contributed by atoms with van der Waals surface area (Å²) in [5.74, 6) is -1.51. The van der Waals surface area contributed by atoms with Gasteiger partial charge in [0.1, 0.15) is 0 Å². The van der Waals surface area contributed by atoms with Gasteiger partial charge < -0.3 is 20.6 Å². The van der Waals surface area contributed by atoms with E-state index in [-0.39, 0.29) is 17.2 Å². The normalized spacial score (nSPS) is 15.0. The number of hydrogen-bond donors (Lipinski definition) is 3. The number of amides is 2. The third kappa shape index (κ3) is 6.17. The van der Waals surface area contributed by atoms with Crippen LogP contribution in [-0.2, 0) is 4.79 Å². The summed E-state index contributed by atoms with van der Waals surface area (Å²) in [6, 6.07) is 18.2. The van der Waals surface area contributed by atoms with Crippen molar-refractivity contribution >= 4 is 39.8 Å². The average Bonchev–Trinajstić information content (AvgIpc) is 2.87. The molecule has 2 amide bonds. The molecule has 0 atom stereocenters. The quantitative estimate of drug-likeness (QED) is 0.423. The van der Waals surface area contributed by atoms with Gasteiger partial charge in [-0.3, -0.25) is 9.59 Å². The Morgan fingerprint density at radius 2 is 1.67 bits per heavy atom. The van der Waals surface area contributed by atoms with Crippen LogP contribution < -0.4 is 10.6 Å². The molecule has 0 unspecified atom stereocenters. The summed E-state index contributed by atoms with van der Waals surface area (Å²) in [6.07, 6.45) is 3.49. The van der Waals surface area contributed by atoms with E-state index in [4.69, 9.17) is 0 Å². The first-order valence-electron chi connectivity index (χ1n) is 12.1. The first kappa shape index (κ1) is 25.1. The van der Waals surface area contributed by atoms with Gasteiger partial charge in [-0.15, -0.1) is 0 Å². The average molecular weight is 486 g/mol. The molecule has 186 valence electrons. The molecular weight excluding hydrogens is 454 g/mol. The van der Waals surface area contributed by atoms with E-state index in [9.17, 15) is 19.5 Å². The second kappa shape index (κ2) is 11.2. The molecule has 0 radical (unpaired) electrons. The number of allylic oxidation sites excluding steroid dienone is 1. The van der Waals surface area contributed by atoms with Crippen molar-refractivity contribution in [2.75, 3.05) is 32.0 Å². The second-order valence-electron chi connectivity index (χ2n) is 9.40. The molecule has 0 aromatic heterocycles. The lowest BCUT2D eigenvalue weighted by Crippen LogP contribution is -2.36. The van der Waals surface area contributed by atoms with Crippen LogP contribution in [0, 0.1) is 5.92 Å². The highest BCUT2D eigenvalue weighted by Crippen LogP contribution is 2.23. The summed E-state index contributed by atoms with van der Waals surface area (Å²) in [5.41, 5.74) is 1.94. The van der Waals surface area contributed by atoms with Gasteiger partial charge in [0.05, 0.1) is 11.3 Å². The Morgan fingerprint density at radius 3 is 2.39 bits per heavy atom. The zero-order valence-corrected chi connectivity index (χ0v) is 20.6. The monoisotopic (exact) mass is 485 g/mol. The molecule has 4 rings (SSSR count). The topological polar surface area (TPSA) is 98.7 Å². The molecule has 1 aliphatic heterocycles. The lowest BCUT2D eigenvalue weighted by Gasteiger charge is -2.28. The minimum absolute atomic E-state index is 0.0769. The Bertz CT molecular complexity index is 1320. The maximum absolute atomic E-state index is 12.8. The molecule has 3 aromatic carbocycles. The Hall–Kier alpha value is -3.97. The number of nitrogens with zero attached hydrogens (tertiary/aromatic N) is 1. The van der Waals surface area contributed by atoms with E-state index in [0.717, 1.165) is 47.8 Å². The lowest BCUT2D eigenvalue weighted by atomic mass is 9.97. The molecule has 1 heterocycles. The summed E-state index contributed by atoms with van der Waals surface area (Å²) < 4.78 is 0. The maximum Gasteiger partial charge on any atom is 0.337 e. The van der Waals surface area contributed by atoms with Gasteiger partial charge in [0, 0.05) is 18.2 Å². The fraction of sp³-hybridized carbons (Fsp3) is 0.276. The number of carboxylic acid groups (broad SMARTS) is 1. The Balaban J connectivity index is 1.47. The molecule has 0 aliphatic carbocycles. The highest BCUT2D eigenvalue weighted by atomic mass is 16.4. The molecular formula is C29H31N3O4. The SMILES string of the molecule is C/C(=C/C(=O)Nc1cc(C(=O)NCC2CCN(C)CC2)ccc1C(=O)O)c1ccc2ccccc2c1. The van der Waals surface area contributed by atoms with Crippen LogP contribution >= 0.6 is 0 Å². The minimum atomic E-state index is -1.18. The van der Waals surface area contributed by atoms with Crippen LogP contribution in [-0.4, -0.2) is 54.5 Å². The highest BCUT2D eigenvalue weighted by Gasteiger charge is 2.19. The Labute approximate surface area is 210 Å². The van der Waals surface area contributed by atoms with Crippen molar-refractivity contribution in [2.45, 2.75) is 19.8 Å². The molecule has 0 bridgehead atoms. The van der Waals surface area contributed by atoms with Gasteiger partial charge in [0.25, 0.3) is 5.91 Å². The van der Waals surface area contributed by atoms with Gasteiger partial charge in [0.2, 0.25) is 5.91 Å². The van der Waals surface area contributed by atoms with Crippen LogP contribution in [0.25, 0.3) is 16.3 Å². The van der Waals surface area contributed by atoms with Gasteiger partial charge in [-0.1, -0.05) is 36.4 Å². The number of piperidine rings is 1. The number of hydrogen-bond acceptors (Lipinski definition) is 4. The zero-order chi connectivity index (χ0) is 25.7. The standard InChI is InChI=1S/C29H31N3O4/c1-19(22-8-7-21-5-3-4-6-23(21)16-22)15-27(33)31-26-17-24(9-10-25(26)29(35)36)28(34)30-18-20-11-13-32(2)14-12-20/h3-10,15-17,20H,11-14,18H2,1-2H3,(H,30,34)(H,31,33)(H,35,36)/b19-15-. The largest absolute Gasteiger partial charge is 0.478 e. The fourth-order valence-electron chi connectivity index (χ4n) is 4.46. The Morgan fingerprint density at radius 1 is 0.972 bits per heavy atom. The molecule has 1 saturated heterocycles. The number of anilines is 1. The first-order valence-corrected chi connectivity index (χ1v) is 12.1. The number of carbonyl (C=O) groups is 3. The van der Waals surface area contributed by atoms with Crippen molar-refractivity contribution in [2.24, 2.45) is 5.92 Å². The van der Waals surface area contributed by atoms with Crippen LogP contribution in [0.3, 0.4) is 0 Å². The molecule has 3 aromatic rings. The number of aromatic carboxylic acids is 1. The summed E-state index contributed by atoms with van der Waals surface area (Å²) in [4.78, 5) is 39.5. The summed E-state index contributed by atoms with van der Waals surface area (Å²) in [7, 11) is 2.09. The van der Waals surface area contributed by atoms with Crippen LogP contribution in [0.1, 0.15) is 46.0 Å². The van der Waals surface area contributed by atoms with Crippen molar-refractivity contribution in [3.05, 3.63) is 83.4 Å². The second-order valence-corrected chi connectivity index (χ2v) is 9.40. The number of likely N-dealkylation sites (tertiary alicyclic amines) is 1. The van der Waals surface area contributed by atoms with Crippen LogP contribution in [0.5, 0.6) is 0 Å². The molecule has 0 spiro atoms.